The Morgan fingerprint density at radius 3 is 1.42 bits per heavy atom. The molecule has 0 fully saturated rings. The summed E-state index contributed by atoms with van der Waals surface area (Å²) >= 11 is 0. The molecule has 6 heteroatoms. The molecule has 1 aliphatic rings. The summed E-state index contributed by atoms with van der Waals surface area (Å²) in [7, 11) is 0. The Morgan fingerprint density at radius 1 is 0.528 bits per heavy atom. The third kappa shape index (κ3) is 8.29. The Balaban J connectivity index is 1.19. The minimum absolute atomic E-state index is 0.183. The minimum atomic E-state index is -0.183. The van der Waals surface area contributed by atoms with Gasteiger partial charge in [0, 0.05) is 29.2 Å². The third-order valence-corrected chi connectivity index (χ3v) is 9.81. The maximum atomic E-state index is 10.7. The number of phenols is 2. The number of aromatic hydroxyl groups is 2. The zero-order chi connectivity index (χ0) is 36.7. The molecule has 0 saturated carbocycles. The molecule has 6 aromatic rings. The second-order valence-corrected chi connectivity index (χ2v) is 13.4. The highest BCUT2D eigenvalue weighted by atomic mass is 16.3. The van der Waals surface area contributed by atoms with E-state index in [1.165, 1.54) is 0 Å². The van der Waals surface area contributed by atoms with Gasteiger partial charge < -0.3 is 20.6 Å². The maximum Gasteiger partial charge on any atom is 0.124 e. The van der Waals surface area contributed by atoms with Crippen molar-refractivity contribution in [1.82, 2.24) is 0 Å². The predicted molar refractivity (Wildman–Crippen MR) is 219 cm³/mol. The zero-order valence-electron chi connectivity index (χ0n) is 29.6. The molecule has 0 spiro atoms. The first-order valence-electron chi connectivity index (χ1n) is 17.8. The highest BCUT2D eigenvalue weighted by Gasteiger charge is 2.26. The van der Waals surface area contributed by atoms with Crippen molar-refractivity contribution in [3.8, 4) is 44.9 Å². The number of para-hydroxylation sites is 2. The van der Waals surface area contributed by atoms with Gasteiger partial charge in [0.2, 0.25) is 0 Å². The van der Waals surface area contributed by atoms with Gasteiger partial charge in [-0.1, -0.05) is 86.7 Å². The lowest BCUT2D eigenvalue weighted by Crippen LogP contribution is -2.32. The number of aliphatic imine (C=N–C) groups is 2. The summed E-state index contributed by atoms with van der Waals surface area (Å²) in [6, 6.07) is 45.2. The normalized spacial score (nSPS) is 17.2. The molecule has 0 heterocycles. The summed E-state index contributed by atoms with van der Waals surface area (Å²) in [6.45, 7) is 4.33. The van der Waals surface area contributed by atoms with Gasteiger partial charge >= 0.3 is 0 Å². The molecular weight excluding hydrogens is 655 g/mol. The number of anilines is 1. The van der Waals surface area contributed by atoms with Gasteiger partial charge in [-0.05, 0) is 130 Å². The number of benzene rings is 6. The number of nitrogens with one attached hydrogen (secondary N) is 1. The van der Waals surface area contributed by atoms with Crippen LogP contribution < -0.4 is 5.32 Å². The van der Waals surface area contributed by atoms with E-state index in [1.54, 1.807) is 42.8 Å². The molecule has 7 rings (SSSR count). The van der Waals surface area contributed by atoms with Gasteiger partial charge in [0.25, 0.3) is 0 Å². The fourth-order valence-corrected chi connectivity index (χ4v) is 6.41. The number of hydrogen-bond donors (Lipinski definition) is 4. The van der Waals surface area contributed by atoms with E-state index >= 15 is 0 Å². The molecule has 0 radical (unpaired) electrons. The zero-order valence-corrected chi connectivity index (χ0v) is 29.6. The van der Waals surface area contributed by atoms with E-state index in [1.807, 2.05) is 54.6 Å². The Labute approximate surface area is 310 Å². The van der Waals surface area contributed by atoms with Crippen LogP contribution in [0.5, 0.6) is 11.5 Å². The van der Waals surface area contributed by atoms with E-state index in [-0.39, 0.29) is 23.5 Å². The van der Waals surface area contributed by atoms with Crippen LogP contribution in [-0.4, -0.2) is 33.8 Å². The molecular formula is C47H41N3O3. The molecule has 0 amide bonds. The van der Waals surface area contributed by atoms with Crippen LogP contribution in [0.3, 0.4) is 0 Å². The summed E-state index contributed by atoms with van der Waals surface area (Å²) < 4.78 is 0. The number of rotatable bonds is 9. The van der Waals surface area contributed by atoms with Crippen molar-refractivity contribution in [3.63, 3.8) is 0 Å². The smallest absolute Gasteiger partial charge is 0.124 e. The molecule has 262 valence electrons. The van der Waals surface area contributed by atoms with Crippen molar-refractivity contribution >= 4 is 29.5 Å². The van der Waals surface area contributed by atoms with Crippen molar-refractivity contribution < 1.29 is 15.3 Å². The second-order valence-electron chi connectivity index (χ2n) is 13.4. The number of nitrogens with zero attached hydrogens (tertiary/aromatic N) is 2. The van der Waals surface area contributed by atoms with Crippen LogP contribution in [-0.2, 0) is 0 Å². The standard InChI is InChI=1S/C47H41N3O3/c1-31-8-7-13-46(53)47(32(31)2)50-43-24-18-35(19-25-43)40-27-38(33-14-20-41(21-15-33)48-29-36-9-3-5-11-44(36)51)26-39(28-40)34-16-22-42(23-17-34)49-30-37-10-4-6-12-45(37)52/h3-32,47,50-53H,1-2H3/t31-,32-,47?/m0/s1. The Morgan fingerprint density at radius 2 is 0.962 bits per heavy atom. The Kier molecular flexibility index (Phi) is 10.3. The van der Waals surface area contributed by atoms with Crippen molar-refractivity contribution in [2.75, 3.05) is 5.32 Å². The third-order valence-electron chi connectivity index (χ3n) is 9.81. The minimum Gasteiger partial charge on any atom is -0.510 e. The maximum absolute atomic E-state index is 10.7. The van der Waals surface area contributed by atoms with Gasteiger partial charge in [-0.2, -0.15) is 0 Å². The van der Waals surface area contributed by atoms with Crippen LogP contribution in [0.2, 0.25) is 0 Å². The van der Waals surface area contributed by atoms with Gasteiger partial charge in [0.1, 0.15) is 17.3 Å². The largest absolute Gasteiger partial charge is 0.510 e. The monoisotopic (exact) mass is 695 g/mol. The second kappa shape index (κ2) is 15.7. The average molecular weight is 696 g/mol. The predicted octanol–water partition coefficient (Wildman–Crippen LogP) is 11.7. The van der Waals surface area contributed by atoms with Crippen molar-refractivity contribution in [3.05, 3.63) is 175 Å². The van der Waals surface area contributed by atoms with E-state index in [0.717, 1.165) is 50.4 Å². The number of hydrogen-bond acceptors (Lipinski definition) is 6. The Hall–Kier alpha value is -6.66. The molecule has 3 atom stereocenters. The number of allylic oxidation sites excluding steroid dienone is 3. The van der Waals surface area contributed by atoms with Crippen molar-refractivity contribution in [2.45, 2.75) is 19.9 Å². The highest BCUT2D eigenvalue weighted by Crippen LogP contribution is 2.35. The van der Waals surface area contributed by atoms with E-state index in [0.29, 0.717) is 22.8 Å². The summed E-state index contributed by atoms with van der Waals surface area (Å²) in [5.74, 6) is 1.26. The number of aliphatic hydroxyl groups excluding tert-OH is 1. The highest BCUT2D eigenvalue weighted by molar-refractivity contribution is 5.87. The lowest BCUT2D eigenvalue weighted by atomic mass is 9.88. The van der Waals surface area contributed by atoms with Crippen molar-refractivity contribution in [1.29, 1.82) is 0 Å². The van der Waals surface area contributed by atoms with E-state index < -0.39 is 0 Å². The summed E-state index contributed by atoms with van der Waals surface area (Å²) in [6.07, 6.45) is 9.18. The van der Waals surface area contributed by atoms with Gasteiger partial charge in [0.05, 0.1) is 17.4 Å². The molecule has 0 saturated heterocycles. The van der Waals surface area contributed by atoms with Gasteiger partial charge in [-0.25, -0.2) is 0 Å². The average Bonchev–Trinajstić information content (AvgIpc) is 3.30. The fraction of sp³-hybridized carbons (Fsp3) is 0.106. The molecule has 6 nitrogen and oxygen atoms in total. The lowest BCUT2D eigenvalue weighted by molar-refractivity contribution is 0.313. The van der Waals surface area contributed by atoms with Crippen molar-refractivity contribution in [2.24, 2.45) is 21.8 Å². The van der Waals surface area contributed by atoms with E-state index in [9.17, 15) is 15.3 Å². The van der Waals surface area contributed by atoms with E-state index in [2.05, 4.69) is 102 Å². The molecule has 0 bridgehead atoms. The molecule has 1 aliphatic carbocycles. The molecule has 53 heavy (non-hydrogen) atoms. The first-order chi connectivity index (χ1) is 25.8. The van der Waals surface area contributed by atoms with Crippen LogP contribution in [0.15, 0.2) is 173 Å². The van der Waals surface area contributed by atoms with Crippen LogP contribution in [0.25, 0.3) is 33.4 Å². The quantitative estimate of drug-likeness (QED) is 0.113. The van der Waals surface area contributed by atoms with Crippen LogP contribution in [0.1, 0.15) is 25.0 Å². The molecule has 4 N–H and O–H groups in total. The van der Waals surface area contributed by atoms with Crippen LogP contribution >= 0.6 is 0 Å². The summed E-state index contributed by atoms with van der Waals surface area (Å²) in [5, 5.41) is 34.5. The van der Waals surface area contributed by atoms with Crippen LogP contribution in [0, 0.1) is 11.8 Å². The molecule has 0 aromatic heterocycles. The number of phenolic OH excluding ortho intramolecular Hbond substituents is 2. The molecule has 0 aliphatic heterocycles. The lowest BCUT2D eigenvalue weighted by Gasteiger charge is -2.27. The number of aliphatic hydroxyl groups is 1. The fourth-order valence-electron chi connectivity index (χ4n) is 6.41. The van der Waals surface area contributed by atoms with Crippen LogP contribution in [0.4, 0.5) is 17.1 Å². The van der Waals surface area contributed by atoms with E-state index in [4.69, 9.17) is 0 Å². The first kappa shape index (κ1) is 34.8. The summed E-state index contributed by atoms with van der Waals surface area (Å²) in [5.41, 5.74) is 10.2. The van der Waals surface area contributed by atoms with Gasteiger partial charge in [0.15, 0.2) is 0 Å². The first-order valence-corrected chi connectivity index (χ1v) is 17.8. The Bertz CT molecular complexity index is 2200. The summed E-state index contributed by atoms with van der Waals surface area (Å²) in [4.78, 5) is 9.16. The van der Waals surface area contributed by atoms with Gasteiger partial charge in [-0.3, -0.25) is 9.98 Å². The SMILES string of the molecule is C[C@@H]1C(Nc2ccc(-c3cc(-c4ccc(N=Cc5ccccc5O)cc4)cc(-c4ccc(N=Cc5ccccc5O)cc4)c3)cc2)C(O)=CC=C[C@@H]1C. The molecule has 6 aromatic carbocycles. The topological polar surface area (TPSA) is 97.4 Å². The van der Waals surface area contributed by atoms with Gasteiger partial charge in [-0.15, -0.1) is 0 Å². The molecule has 1 unspecified atom stereocenters.